The summed E-state index contributed by atoms with van der Waals surface area (Å²) < 4.78 is 32.6. The zero-order valence-electron chi connectivity index (χ0n) is 13.3. The molecule has 2 aliphatic carbocycles. The number of carboxylic acid groups (broad SMARTS) is 1. The van der Waals surface area contributed by atoms with Gasteiger partial charge in [0.15, 0.2) is 11.6 Å². The fourth-order valence-corrected chi connectivity index (χ4v) is 4.64. The van der Waals surface area contributed by atoms with E-state index in [4.69, 9.17) is 4.74 Å². The number of rotatable bonds is 3. The Morgan fingerprint density at radius 3 is 2.52 bits per heavy atom. The van der Waals surface area contributed by atoms with Gasteiger partial charge in [-0.05, 0) is 37.2 Å². The van der Waals surface area contributed by atoms with Crippen molar-refractivity contribution in [3.8, 4) is 5.75 Å². The number of hydrogen-bond donors (Lipinski definition) is 1. The molecule has 5 heteroatoms. The van der Waals surface area contributed by atoms with Gasteiger partial charge in [0.25, 0.3) is 0 Å². The number of methoxy groups -OCH3 is 1. The molecule has 1 N–H and O–H groups in total. The van der Waals surface area contributed by atoms with Crippen molar-refractivity contribution in [2.45, 2.75) is 50.9 Å². The molecule has 2 aliphatic rings. The van der Waals surface area contributed by atoms with Crippen molar-refractivity contribution in [2.24, 2.45) is 11.3 Å². The van der Waals surface area contributed by atoms with E-state index in [0.717, 1.165) is 31.7 Å². The Labute approximate surface area is 134 Å². The number of carboxylic acids is 1. The van der Waals surface area contributed by atoms with Crippen molar-refractivity contribution < 1.29 is 23.4 Å². The summed E-state index contributed by atoms with van der Waals surface area (Å²) in [5.74, 6) is -3.89. The van der Waals surface area contributed by atoms with E-state index in [0.29, 0.717) is 18.4 Å². The third kappa shape index (κ3) is 2.81. The maximum Gasteiger partial charge on any atom is 0.307 e. The lowest BCUT2D eigenvalue weighted by molar-refractivity contribution is -0.142. The van der Waals surface area contributed by atoms with E-state index >= 15 is 0 Å². The minimum atomic E-state index is -1.03. The van der Waals surface area contributed by atoms with Crippen LogP contribution in [0.5, 0.6) is 5.75 Å². The molecule has 1 spiro atoms. The van der Waals surface area contributed by atoms with Crippen LogP contribution < -0.4 is 4.74 Å². The van der Waals surface area contributed by atoms with Crippen molar-refractivity contribution in [3.63, 3.8) is 0 Å². The Balaban J connectivity index is 2.00. The van der Waals surface area contributed by atoms with Gasteiger partial charge in [0, 0.05) is 11.5 Å². The van der Waals surface area contributed by atoms with Gasteiger partial charge in [0.1, 0.15) is 0 Å². The van der Waals surface area contributed by atoms with Gasteiger partial charge in [-0.3, -0.25) is 4.79 Å². The van der Waals surface area contributed by atoms with E-state index < -0.39 is 23.5 Å². The Hall–Kier alpha value is -1.65. The standard InChI is InChI=1S/C18H22F2O3/c1-23-16-11(5-6-14(19)15(16)20)12-9-18(7-3-2-4-8-18)10-13(12)17(21)22/h5-6,12-13H,2-4,7-10H2,1H3,(H,21,22)/t12-,13+/m0/s1. The monoisotopic (exact) mass is 324 g/mol. The van der Waals surface area contributed by atoms with Crippen LogP contribution in [0.1, 0.15) is 56.4 Å². The summed E-state index contributed by atoms with van der Waals surface area (Å²) in [5.41, 5.74) is 0.517. The molecule has 126 valence electrons. The Kier molecular flexibility index (Phi) is 4.30. The van der Waals surface area contributed by atoms with Gasteiger partial charge in [-0.1, -0.05) is 25.3 Å². The molecule has 3 rings (SSSR count). The second kappa shape index (κ2) is 6.10. The molecule has 0 unspecified atom stereocenters. The van der Waals surface area contributed by atoms with E-state index in [2.05, 4.69) is 0 Å². The van der Waals surface area contributed by atoms with Gasteiger partial charge >= 0.3 is 5.97 Å². The first-order valence-electron chi connectivity index (χ1n) is 8.22. The quantitative estimate of drug-likeness (QED) is 0.890. The lowest BCUT2D eigenvalue weighted by Gasteiger charge is -2.33. The predicted molar refractivity (Wildman–Crippen MR) is 81.5 cm³/mol. The molecule has 3 nitrogen and oxygen atoms in total. The van der Waals surface area contributed by atoms with Gasteiger partial charge in [0.2, 0.25) is 5.82 Å². The molecule has 1 aromatic carbocycles. The first-order valence-corrected chi connectivity index (χ1v) is 8.22. The van der Waals surface area contributed by atoms with Crippen LogP contribution >= 0.6 is 0 Å². The molecule has 0 saturated heterocycles. The number of carbonyl (C=O) groups is 1. The van der Waals surface area contributed by atoms with E-state index in [-0.39, 0.29) is 17.1 Å². The van der Waals surface area contributed by atoms with Gasteiger partial charge in [-0.2, -0.15) is 4.39 Å². The van der Waals surface area contributed by atoms with Gasteiger partial charge in [-0.15, -0.1) is 0 Å². The topological polar surface area (TPSA) is 46.5 Å². The number of aliphatic carboxylic acids is 1. The number of hydrogen-bond acceptors (Lipinski definition) is 2. The second-order valence-corrected chi connectivity index (χ2v) is 7.00. The Bertz CT molecular complexity index is 609. The van der Waals surface area contributed by atoms with Crippen molar-refractivity contribution in [3.05, 3.63) is 29.3 Å². The van der Waals surface area contributed by atoms with E-state index in [9.17, 15) is 18.7 Å². The first-order chi connectivity index (χ1) is 11.0. The Morgan fingerprint density at radius 1 is 1.22 bits per heavy atom. The van der Waals surface area contributed by atoms with Crippen LogP contribution in [-0.2, 0) is 4.79 Å². The van der Waals surface area contributed by atoms with Gasteiger partial charge < -0.3 is 9.84 Å². The molecule has 0 radical (unpaired) electrons. The summed E-state index contributed by atoms with van der Waals surface area (Å²) >= 11 is 0. The minimum Gasteiger partial charge on any atom is -0.493 e. The molecule has 23 heavy (non-hydrogen) atoms. The number of halogens is 2. The lowest BCUT2D eigenvalue weighted by Crippen LogP contribution is -2.22. The maximum absolute atomic E-state index is 14.0. The van der Waals surface area contributed by atoms with Crippen LogP contribution in [0.15, 0.2) is 12.1 Å². The molecule has 0 aromatic heterocycles. The summed E-state index contributed by atoms with van der Waals surface area (Å²) in [6.45, 7) is 0. The smallest absolute Gasteiger partial charge is 0.307 e. The fourth-order valence-electron chi connectivity index (χ4n) is 4.64. The zero-order chi connectivity index (χ0) is 16.6. The van der Waals surface area contributed by atoms with Crippen LogP contribution in [-0.4, -0.2) is 18.2 Å². The third-order valence-corrected chi connectivity index (χ3v) is 5.71. The van der Waals surface area contributed by atoms with E-state index in [1.165, 1.54) is 19.6 Å². The van der Waals surface area contributed by atoms with Crippen molar-refractivity contribution in [2.75, 3.05) is 7.11 Å². The minimum absolute atomic E-state index is 0.0296. The molecule has 1 aromatic rings. The zero-order valence-corrected chi connectivity index (χ0v) is 13.3. The van der Waals surface area contributed by atoms with E-state index in [1.807, 2.05) is 0 Å². The summed E-state index contributed by atoms with van der Waals surface area (Å²) in [6.07, 6.45) is 6.82. The van der Waals surface area contributed by atoms with Gasteiger partial charge in [-0.25, -0.2) is 4.39 Å². The summed E-state index contributed by atoms with van der Waals surface area (Å²) in [7, 11) is 1.29. The summed E-state index contributed by atoms with van der Waals surface area (Å²) in [6, 6.07) is 2.55. The molecular formula is C18H22F2O3. The normalized spacial score (nSPS) is 26.4. The van der Waals surface area contributed by atoms with Gasteiger partial charge in [0.05, 0.1) is 13.0 Å². The van der Waals surface area contributed by atoms with Crippen LogP contribution in [0.4, 0.5) is 8.78 Å². The second-order valence-electron chi connectivity index (χ2n) is 7.00. The average molecular weight is 324 g/mol. The molecule has 2 saturated carbocycles. The molecule has 0 amide bonds. The summed E-state index contributed by atoms with van der Waals surface area (Å²) in [5, 5.41) is 9.64. The predicted octanol–water partition coefficient (Wildman–Crippen LogP) is 4.50. The van der Waals surface area contributed by atoms with Crippen LogP contribution in [0.3, 0.4) is 0 Å². The molecular weight excluding hydrogens is 302 g/mol. The Morgan fingerprint density at radius 2 is 1.91 bits per heavy atom. The molecule has 2 atom stereocenters. The van der Waals surface area contributed by atoms with Crippen molar-refractivity contribution in [1.29, 1.82) is 0 Å². The fraction of sp³-hybridized carbons (Fsp3) is 0.611. The summed E-state index contributed by atoms with van der Waals surface area (Å²) in [4.78, 5) is 11.8. The molecule has 0 bridgehead atoms. The number of ether oxygens (including phenoxy) is 1. The van der Waals surface area contributed by atoms with Crippen molar-refractivity contribution in [1.82, 2.24) is 0 Å². The highest BCUT2D eigenvalue weighted by atomic mass is 19.2. The third-order valence-electron chi connectivity index (χ3n) is 5.71. The highest BCUT2D eigenvalue weighted by Gasteiger charge is 2.49. The number of benzene rings is 1. The first kappa shape index (κ1) is 16.2. The van der Waals surface area contributed by atoms with Crippen LogP contribution in [0, 0.1) is 23.0 Å². The highest BCUT2D eigenvalue weighted by molar-refractivity contribution is 5.72. The van der Waals surface area contributed by atoms with Crippen LogP contribution in [0.2, 0.25) is 0 Å². The lowest BCUT2D eigenvalue weighted by atomic mass is 9.72. The molecule has 0 aliphatic heterocycles. The van der Waals surface area contributed by atoms with Crippen molar-refractivity contribution >= 4 is 5.97 Å². The SMILES string of the molecule is COc1c([C@@H]2CC3(CCCCC3)C[C@H]2C(=O)O)ccc(F)c1F. The molecule has 0 heterocycles. The largest absolute Gasteiger partial charge is 0.493 e. The van der Waals surface area contributed by atoms with Crippen LogP contribution in [0.25, 0.3) is 0 Å². The average Bonchev–Trinajstić information content (AvgIpc) is 2.90. The van der Waals surface area contributed by atoms with E-state index in [1.54, 1.807) is 0 Å². The highest BCUT2D eigenvalue weighted by Crippen LogP contribution is 2.58. The maximum atomic E-state index is 14.0. The molecule has 2 fully saturated rings.